The van der Waals surface area contributed by atoms with Crippen molar-refractivity contribution < 1.29 is 19.1 Å². The van der Waals surface area contributed by atoms with E-state index in [4.69, 9.17) is 9.47 Å². The predicted molar refractivity (Wildman–Crippen MR) is 110 cm³/mol. The zero-order chi connectivity index (χ0) is 21.6. The topological polar surface area (TPSA) is 84.6 Å². The van der Waals surface area contributed by atoms with Gasteiger partial charge in [0.05, 0.1) is 6.61 Å². The average Bonchev–Trinajstić information content (AvgIpc) is 2.94. The number of nitrogens with zero attached hydrogens (tertiary/aromatic N) is 3. The maximum atomic E-state index is 12.4. The summed E-state index contributed by atoms with van der Waals surface area (Å²) >= 11 is 0. The first kappa shape index (κ1) is 22.7. The summed E-state index contributed by atoms with van der Waals surface area (Å²) in [6.07, 6.45) is 2.61. The maximum absolute atomic E-state index is 12.4. The summed E-state index contributed by atoms with van der Waals surface area (Å²) in [4.78, 5) is 26.5. The van der Waals surface area contributed by atoms with Crippen molar-refractivity contribution in [2.45, 2.75) is 40.7 Å². The third kappa shape index (κ3) is 5.94. The van der Waals surface area contributed by atoms with Gasteiger partial charge in [-0.2, -0.15) is 5.26 Å². The number of rotatable bonds is 7. The Morgan fingerprint density at radius 2 is 1.93 bits per heavy atom. The van der Waals surface area contributed by atoms with Gasteiger partial charge in [-0.25, -0.2) is 4.79 Å². The van der Waals surface area contributed by atoms with E-state index in [1.807, 2.05) is 26.0 Å². The van der Waals surface area contributed by atoms with Gasteiger partial charge in [0, 0.05) is 38.1 Å². The summed E-state index contributed by atoms with van der Waals surface area (Å²) in [7, 11) is 1.64. The van der Waals surface area contributed by atoms with Crippen LogP contribution in [0.2, 0.25) is 0 Å². The summed E-state index contributed by atoms with van der Waals surface area (Å²) in [5.41, 5.74) is 2.61. The largest absolute Gasteiger partial charge is 0.451 e. The molecule has 1 amide bonds. The third-order valence-corrected chi connectivity index (χ3v) is 5.32. The van der Waals surface area contributed by atoms with Crippen molar-refractivity contribution in [2.75, 3.05) is 33.4 Å². The van der Waals surface area contributed by atoms with Crippen molar-refractivity contribution in [3.05, 3.63) is 28.6 Å². The van der Waals surface area contributed by atoms with Gasteiger partial charge in [0.2, 0.25) is 0 Å². The van der Waals surface area contributed by atoms with E-state index in [1.54, 1.807) is 12.0 Å². The molecule has 1 aromatic rings. The van der Waals surface area contributed by atoms with Crippen LogP contribution < -0.4 is 0 Å². The van der Waals surface area contributed by atoms with Crippen LogP contribution in [-0.4, -0.2) is 54.8 Å². The van der Waals surface area contributed by atoms with Gasteiger partial charge in [-0.15, -0.1) is 0 Å². The van der Waals surface area contributed by atoms with Gasteiger partial charge in [0.1, 0.15) is 11.6 Å². The SMILES string of the molecule is COCCn1c(C)cc(/C=C(\C#N)C(=O)OCC(=O)N2CC(C)CC(C)C2)c1C. The second-order valence-corrected chi connectivity index (χ2v) is 7.96. The maximum Gasteiger partial charge on any atom is 0.349 e. The standard InChI is InChI=1S/C22H31N3O4/c1-15-8-16(2)13-24(12-15)21(26)14-29-22(27)20(11-23)10-19-9-17(3)25(18(19)4)6-7-28-5/h9-10,15-16H,6-8,12-14H2,1-5H3/b20-10+. The summed E-state index contributed by atoms with van der Waals surface area (Å²) in [6, 6.07) is 3.81. The van der Waals surface area contributed by atoms with Gasteiger partial charge in [-0.05, 0) is 49.8 Å². The minimum absolute atomic E-state index is 0.120. The number of nitriles is 1. The smallest absolute Gasteiger partial charge is 0.349 e. The molecule has 2 unspecified atom stereocenters. The van der Waals surface area contributed by atoms with E-state index in [1.165, 1.54) is 6.08 Å². The van der Waals surface area contributed by atoms with Crippen LogP contribution in [0.1, 0.15) is 37.2 Å². The van der Waals surface area contributed by atoms with Gasteiger partial charge in [-0.1, -0.05) is 13.8 Å². The molecule has 1 fully saturated rings. The van der Waals surface area contributed by atoms with Crippen molar-refractivity contribution in [3.63, 3.8) is 0 Å². The van der Waals surface area contributed by atoms with Crippen molar-refractivity contribution in [3.8, 4) is 6.07 Å². The number of aryl methyl sites for hydroxylation is 1. The first-order valence-electron chi connectivity index (χ1n) is 9.99. The van der Waals surface area contributed by atoms with E-state index in [0.29, 0.717) is 38.1 Å². The Morgan fingerprint density at radius 3 is 2.52 bits per heavy atom. The fourth-order valence-corrected chi connectivity index (χ4v) is 3.96. The third-order valence-electron chi connectivity index (χ3n) is 5.32. The first-order valence-corrected chi connectivity index (χ1v) is 9.99. The Bertz CT molecular complexity index is 809. The predicted octanol–water partition coefficient (Wildman–Crippen LogP) is 2.71. The molecule has 0 aliphatic carbocycles. The number of aromatic nitrogens is 1. The summed E-state index contributed by atoms with van der Waals surface area (Å²) < 4.78 is 12.3. The molecule has 2 heterocycles. The second kappa shape index (κ2) is 10.3. The Morgan fingerprint density at radius 1 is 1.28 bits per heavy atom. The van der Waals surface area contributed by atoms with Crippen molar-refractivity contribution in [1.29, 1.82) is 5.26 Å². The number of likely N-dealkylation sites (tertiary alicyclic amines) is 1. The average molecular weight is 402 g/mol. The quantitative estimate of drug-likeness (QED) is 0.398. The molecule has 0 aromatic carbocycles. The number of hydrogen-bond donors (Lipinski definition) is 0. The Hall–Kier alpha value is -2.59. The molecule has 29 heavy (non-hydrogen) atoms. The molecule has 0 spiro atoms. The number of methoxy groups -OCH3 is 1. The molecule has 1 aromatic heterocycles. The lowest BCUT2D eigenvalue weighted by atomic mass is 9.92. The molecular formula is C22H31N3O4. The number of amides is 1. The fraction of sp³-hybridized carbons (Fsp3) is 0.591. The fourth-order valence-electron chi connectivity index (χ4n) is 3.96. The number of esters is 1. The molecule has 1 saturated heterocycles. The highest BCUT2D eigenvalue weighted by molar-refractivity contribution is 5.99. The molecule has 2 atom stereocenters. The highest BCUT2D eigenvalue weighted by Gasteiger charge is 2.26. The lowest BCUT2D eigenvalue weighted by Crippen LogP contribution is -2.44. The van der Waals surface area contributed by atoms with Crippen LogP contribution in [0.5, 0.6) is 0 Å². The van der Waals surface area contributed by atoms with E-state index >= 15 is 0 Å². The molecule has 7 nitrogen and oxygen atoms in total. The Kier molecular flexibility index (Phi) is 8.03. The molecule has 0 N–H and O–H groups in total. The van der Waals surface area contributed by atoms with Gasteiger partial charge in [-0.3, -0.25) is 4.79 Å². The van der Waals surface area contributed by atoms with E-state index in [9.17, 15) is 14.9 Å². The second-order valence-electron chi connectivity index (χ2n) is 7.96. The van der Waals surface area contributed by atoms with Crippen LogP contribution in [0.4, 0.5) is 0 Å². The Labute approximate surface area is 172 Å². The van der Waals surface area contributed by atoms with Crippen molar-refractivity contribution in [2.24, 2.45) is 11.8 Å². The molecule has 0 radical (unpaired) electrons. The summed E-state index contributed by atoms with van der Waals surface area (Å²) in [5, 5.41) is 9.41. The summed E-state index contributed by atoms with van der Waals surface area (Å²) in [6.45, 7) is 10.4. The lowest BCUT2D eigenvalue weighted by Gasteiger charge is -2.34. The molecule has 7 heteroatoms. The molecule has 2 rings (SSSR count). The van der Waals surface area contributed by atoms with E-state index in [0.717, 1.165) is 23.4 Å². The zero-order valence-corrected chi connectivity index (χ0v) is 18.0. The number of piperidine rings is 1. The van der Waals surface area contributed by atoms with E-state index < -0.39 is 5.97 Å². The molecule has 0 bridgehead atoms. The molecule has 1 aliphatic heterocycles. The number of hydrogen-bond acceptors (Lipinski definition) is 5. The monoisotopic (exact) mass is 401 g/mol. The number of carbonyl (C=O) groups excluding carboxylic acids is 2. The van der Waals surface area contributed by atoms with Crippen LogP contribution in [0.15, 0.2) is 11.6 Å². The number of carbonyl (C=O) groups is 2. The lowest BCUT2D eigenvalue weighted by molar-refractivity contribution is -0.149. The molecular weight excluding hydrogens is 370 g/mol. The van der Waals surface area contributed by atoms with Crippen LogP contribution in [0.3, 0.4) is 0 Å². The van der Waals surface area contributed by atoms with Crippen LogP contribution in [0, 0.1) is 37.0 Å². The van der Waals surface area contributed by atoms with E-state index in [2.05, 4.69) is 18.4 Å². The normalized spacial score (nSPS) is 19.7. The van der Waals surface area contributed by atoms with Crippen molar-refractivity contribution >= 4 is 18.0 Å². The van der Waals surface area contributed by atoms with Crippen molar-refractivity contribution in [1.82, 2.24) is 9.47 Å². The zero-order valence-electron chi connectivity index (χ0n) is 18.0. The molecule has 158 valence electrons. The van der Waals surface area contributed by atoms with Gasteiger partial charge in [0.25, 0.3) is 5.91 Å². The highest BCUT2D eigenvalue weighted by Crippen LogP contribution is 2.21. The van der Waals surface area contributed by atoms with Gasteiger partial charge < -0.3 is 18.9 Å². The van der Waals surface area contributed by atoms with Crippen LogP contribution >= 0.6 is 0 Å². The first-order chi connectivity index (χ1) is 13.8. The molecule has 1 aliphatic rings. The van der Waals surface area contributed by atoms with E-state index in [-0.39, 0.29) is 18.1 Å². The number of ether oxygens (including phenoxy) is 2. The summed E-state index contributed by atoms with van der Waals surface area (Å²) in [5.74, 6) is -0.130. The Balaban J connectivity index is 2.03. The van der Waals surface area contributed by atoms with Gasteiger partial charge in [0.15, 0.2) is 6.61 Å². The van der Waals surface area contributed by atoms with Crippen LogP contribution in [0.25, 0.3) is 6.08 Å². The van der Waals surface area contributed by atoms with Gasteiger partial charge >= 0.3 is 5.97 Å². The molecule has 0 saturated carbocycles. The highest BCUT2D eigenvalue weighted by atomic mass is 16.5. The van der Waals surface area contributed by atoms with Crippen LogP contribution in [-0.2, 0) is 25.6 Å². The minimum Gasteiger partial charge on any atom is -0.451 e. The minimum atomic E-state index is -0.777.